The highest BCUT2D eigenvalue weighted by molar-refractivity contribution is 5.82. The lowest BCUT2D eigenvalue weighted by atomic mass is 9.81. The van der Waals surface area contributed by atoms with Crippen LogP contribution in [0.1, 0.15) is 33.1 Å². The van der Waals surface area contributed by atoms with E-state index in [-0.39, 0.29) is 11.3 Å². The third-order valence-corrected chi connectivity index (χ3v) is 4.09. The fraction of sp³-hybridized carbons (Fsp3) is 0.786. The molecule has 0 spiro atoms. The molecule has 20 heavy (non-hydrogen) atoms. The average Bonchev–Trinajstić information content (AvgIpc) is 2.96. The van der Waals surface area contributed by atoms with E-state index in [0.717, 1.165) is 45.4 Å². The van der Waals surface area contributed by atoms with E-state index in [1.165, 1.54) is 0 Å². The van der Waals surface area contributed by atoms with Gasteiger partial charge in [0.05, 0.1) is 11.6 Å². The molecule has 0 aliphatic carbocycles. The van der Waals surface area contributed by atoms with Crippen molar-refractivity contribution in [2.75, 3.05) is 26.2 Å². The van der Waals surface area contributed by atoms with Crippen LogP contribution in [-0.2, 0) is 11.3 Å². The summed E-state index contributed by atoms with van der Waals surface area (Å²) in [4.78, 5) is 14.7. The third-order valence-electron chi connectivity index (χ3n) is 4.09. The van der Waals surface area contributed by atoms with Crippen LogP contribution in [0.4, 0.5) is 0 Å². The van der Waals surface area contributed by atoms with Gasteiger partial charge in [0.1, 0.15) is 0 Å². The summed E-state index contributed by atoms with van der Waals surface area (Å²) in [6.45, 7) is 8.74. The van der Waals surface area contributed by atoms with E-state index in [2.05, 4.69) is 34.4 Å². The van der Waals surface area contributed by atoms with Gasteiger partial charge >= 0.3 is 0 Å². The molecule has 0 radical (unpaired) electrons. The SMILES string of the molecule is CCN1CCC[C@@](C)(C(=O)NCCCn2ccnn2)C1. The summed E-state index contributed by atoms with van der Waals surface area (Å²) in [7, 11) is 0. The van der Waals surface area contributed by atoms with Crippen molar-refractivity contribution >= 4 is 5.91 Å². The van der Waals surface area contributed by atoms with Gasteiger partial charge in [-0.05, 0) is 39.3 Å². The number of rotatable bonds is 6. The second-order valence-corrected chi connectivity index (χ2v) is 5.81. The summed E-state index contributed by atoms with van der Waals surface area (Å²) in [5, 5.41) is 10.7. The summed E-state index contributed by atoms with van der Waals surface area (Å²) in [5.74, 6) is 0.189. The fourth-order valence-corrected chi connectivity index (χ4v) is 2.81. The lowest BCUT2D eigenvalue weighted by molar-refractivity contribution is -0.133. The number of hydrogen-bond donors (Lipinski definition) is 1. The van der Waals surface area contributed by atoms with Crippen LogP contribution < -0.4 is 5.32 Å². The van der Waals surface area contributed by atoms with Crippen molar-refractivity contribution in [1.82, 2.24) is 25.2 Å². The van der Waals surface area contributed by atoms with Crippen LogP contribution in [0.2, 0.25) is 0 Å². The van der Waals surface area contributed by atoms with Crippen LogP contribution in [0, 0.1) is 5.41 Å². The lowest BCUT2D eigenvalue weighted by Crippen LogP contribution is -2.50. The molecule has 1 aromatic heterocycles. The van der Waals surface area contributed by atoms with Crippen molar-refractivity contribution < 1.29 is 4.79 Å². The Hall–Kier alpha value is -1.43. The maximum Gasteiger partial charge on any atom is 0.227 e. The van der Waals surface area contributed by atoms with E-state index in [9.17, 15) is 4.79 Å². The molecule has 1 saturated heterocycles. The second-order valence-electron chi connectivity index (χ2n) is 5.81. The Morgan fingerprint density at radius 2 is 2.35 bits per heavy atom. The van der Waals surface area contributed by atoms with Crippen molar-refractivity contribution in [3.63, 3.8) is 0 Å². The molecule has 0 saturated carbocycles. The average molecular weight is 279 g/mol. The molecule has 1 N–H and O–H groups in total. The number of nitrogens with zero attached hydrogens (tertiary/aromatic N) is 4. The predicted molar refractivity (Wildman–Crippen MR) is 77.1 cm³/mol. The van der Waals surface area contributed by atoms with Gasteiger partial charge < -0.3 is 10.2 Å². The van der Waals surface area contributed by atoms with Crippen molar-refractivity contribution in [3.05, 3.63) is 12.4 Å². The first-order chi connectivity index (χ1) is 9.64. The molecule has 0 unspecified atom stereocenters. The van der Waals surface area contributed by atoms with Gasteiger partial charge in [0.25, 0.3) is 0 Å². The van der Waals surface area contributed by atoms with Crippen LogP contribution in [0.25, 0.3) is 0 Å². The molecule has 112 valence electrons. The van der Waals surface area contributed by atoms with Gasteiger partial charge in [-0.3, -0.25) is 9.48 Å². The first-order valence-electron chi connectivity index (χ1n) is 7.49. The monoisotopic (exact) mass is 279 g/mol. The quantitative estimate of drug-likeness (QED) is 0.786. The molecule has 1 atom stereocenters. The molecule has 2 rings (SSSR count). The number of carbonyl (C=O) groups excluding carboxylic acids is 1. The van der Waals surface area contributed by atoms with Crippen LogP contribution in [0.3, 0.4) is 0 Å². The van der Waals surface area contributed by atoms with Crippen molar-refractivity contribution in [3.8, 4) is 0 Å². The molecule has 0 bridgehead atoms. The zero-order valence-electron chi connectivity index (χ0n) is 12.5. The van der Waals surface area contributed by atoms with Gasteiger partial charge in [-0.15, -0.1) is 5.10 Å². The second kappa shape index (κ2) is 6.83. The number of aryl methyl sites for hydroxylation is 1. The normalized spacial score (nSPS) is 23.7. The van der Waals surface area contributed by atoms with E-state index in [1.807, 2.05) is 6.20 Å². The van der Waals surface area contributed by atoms with E-state index >= 15 is 0 Å². The Labute approximate surface area is 120 Å². The van der Waals surface area contributed by atoms with Crippen LogP contribution in [-0.4, -0.2) is 52.0 Å². The highest BCUT2D eigenvalue weighted by atomic mass is 16.2. The number of piperidine rings is 1. The Kier molecular flexibility index (Phi) is 5.11. The number of aromatic nitrogens is 3. The van der Waals surface area contributed by atoms with Gasteiger partial charge in [0.15, 0.2) is 0 Å². The van der Waals surface area contributed by atoms with Crippen LogP contribution >= 0.6 is 0 Å². The van der Waals surface area contributed by atoms with Gasteiger partial charge in [0, 0.05) is 25.8 Å². The van der Waals surface area contributed by atoms with E-state index < -0.39 is 0 Å². The molecular formula is C14H25N5O. The first-order valence-corrected chi connectivity index (χ1v) is 7.49. The molecule has 6 nitrogen and oxygen atoms in total. The number of carbonyl (C=O) groups is 1. The van der Waals surface area contributed by atoms with E-state index in [4.69, 9.17) is 0 Å². The Morgan fingerprint density at radius 3 is 3.05 bits per heavy atom. The minimum absolute atomic E-state index is 0.189. The summed E-state index contributed by atoms with van der Waals surface area (Å²) >= 11 is 0. The summed E-state index contributed by atoms with van der Waals surface area (Å²) in [5.41, 5.74) is -0.235. The molecule has 1 aromatic rings. The molecule has 1 amide bonds. The summed E-state index contributed by atoms with van der Waals surface area (Å²) < 4.78 is 1.79. The summed E-state index contributed by atoms with van der Waals surface area (Å²) in [6, 6.07) is 0. The number of nitrogens with one attached hydrogen (secondary N) is 1. The first kappa shape index (κ1) is 15.0. The number of hydrogen-bond acceptors (Lipinski definition) is 4. The van der Waals surface area contributed by atoms with E-state index in [0.29, 0.717) is 6.54 Å². The minimum atomic E-state index is -0.235. The Bertz CT molecular complexity index is 419. The van der Waals surface area contributed by atoms with Crippen molar-refractivity contribution in [2.45, 2.75) is 39.7 Å². The Balaban J connectivity index is 1.73. The van der Waals surface area contributed by atoms with Crippen LogP contribution in [0.5, 0.6) is 0 Å². The van der Waals surface area contributed by atoms with E-state index in [1.54, 1.807) is 10.9 Å². The smallest absolute Gasteiger partial charge is 0.227 e. The Morgan fingerprint density at radius 1 is 1.50 bits per heavy atom. The predicted octanol–water partition coefficient (Wildman–Crippen LogP) is 0.906. The molecule has 6 heteroatoms. The molecule has 0 aromatic carbocycles. The maximum absolute atomic E-state index is 12.4. The molecule has 1 aliphatic heterocycles. The topological polar surface area (TPSA) is 63.1 Å². The largest absolute Gasteiger partial charge is 0.356 e. The highest BCUT2D eigenvalue weighted by Gasteiger charge is 2.36. The molecule has 1 aliphatic rings. The van der Waals surface area contributed by atoms with Crippen LogP contribution in [0.15, 0.2) is 12.4 Å². The number of likely N-dealkylation sites (tertiary alicyclic amines) is 1. The van der Waals surface area contributed by atoms with Gasteiger partial charge in [-0.2, -0.15) is 0 Å². The van der Waals surface area contributed by atoms with Crippen molar-refractivity contribution in [1.29, 1.82) is 0 Å². The maximum atomic E-state index is 12.4. The molecular weight excluding hydrogens is 254 g/mol. The van der Waals surface area contributed by atoms with Crippen molar-refractivity contribution in [2.24, 2.45) is 5.41 Å². The minimum Gasteiger partial charge on any atom is -0.356 e. The standard InChI is InChI=1S/C14H25N5O/c1-3-18-9-4-6-14(2,12-18)13(20)15-7-5-10-19-11-8-16-17-19/h8,11H,3-7,9-10,12H2,1-2H3,(H,15,20)/t14-/m1/s1. The third kappa shape index (κ3) is 3.79. The zero-order valence-corrected chi connectivity index (χ0v) is 12.5. The molecule has 2 heterocycles. The van der Waals surface area contributed by atoms with Gasteiger partial charge in [-0.1, -0.05) is 12.1 Å². The van der Waals surface area contributed by atoms with Gasteiger partial charge in [-0.25, -0.2) is 0 Å². The van der Waals surface area contributed by atoms with Gasteiger partial charge in [0.2, 0.25) is 5.91 Å². The zero-order chi connectivity index (χ0) is 14.4. The summed E-state index contributed by atoms with van der Waals surface area (Å²) in [6.07, 6.45) is 6.47. The molecule has 1 fully saturated rings. The lowest BCUT2D eigenvalue weighted by Gasteiger charge is -2.38. The number of amides is 1. The highest BCUT2D eigenvalue weighted by Crippen LogP contribution is 2.29. The fourth-order valence-electron chi connectivity index (χ4n) is 2.81.